The summed E-state index contributed by atoms with van der Waals surface area (Å²) in [6.45, 7) is 2.60. The van der Waals surface area contributed by atoms with Gasteiger partial charge in [0.05, 0.1) is 5.69 Å². The summed E-state index contributed by atoms with van der Waals surface area (Å²) in [5, 5.41) is 7.15. The molecule has 0 aliphatic carbocycles. The summed E-state index contributed by atoms with van der Waals surface area (Å²) < 4.78 is 6.00. The van der Waals surface area contributed by atoms with Crippen molar-refractivity contribution in [1.29, 1.82) is 0 Å². The molecule has 3 N–H and O–H groups in total. The molecule has 0 unspecified atom stereocenters. The van der Waals surface area contributed by atoms with Gasteiger partial charge in [0.15, 0.2) is 0 Å². The number of nitrogens with zero attached hydrogens (tertiary/aromatic N) is 1. The first-order valence-corrected chi connectivity index (χ1v) is 7.38. The molecule has 0 spiro atoms. The van der Waals surface area contributed by atoms with Gasteiger partial charge in [-0.2, -0.15) is 5.10 Å². The molecule has 0 amide bonds. The number of nitrogen functional groups attached to an aromatic ring is 1. The highest BCUT2D eigenvalue weighted by atomic mass is 16.5. The van der Waals surface area contributed by atoms with E-state index < -0.39 is 0 Å². The highest BCUT2D eigenvalue weighted by Crippen LogP contribution is 2.33. The minimum atomic E-state index is 0.531. The standard InChI is InChI=1S/C18H19N3O/c1-2-14-17(20-21-18(14)19)15-10-6-7-11-16(15)22-12-13-8-4-3-5-9-13/h3-11H,2,12H2,1H3,(H3,19,20,21). The van der Waals surface area contributed by atoms with Crippen LogP contribution >= 0.6 is 0 Å². The highest BCUT2D eigenvalue weighted by molar-refractivity contribution is 5.73. The highest BCUT2D eigenvalue weighted by Gasteiger charge is 2.14. The molecule has 0 radical (unpaired) electrons. The first-order chi connectivity index (χ1) is 10.8. The van der Waals surface area contributed by atoms with Crippen LogP contribution in [0, 0.1) is 0 Å². The summed E-state index contributed by atoms with van der Waals surface area (Å²) in [6, 6.07) is 18.1. The van der Waals surface area contributed by atoms with Crippen LogP contribution < -0.4 is 10.5 Å². The van der Waals surface area contributed by atoms with Crippen molar-refractivity contribution in [1.82, 2.24) is 10.2 Å². The van der Waals surface area contributed by atoms with Gasteiger partial charge in [-0.1, -0.05) is 49.4 Å². The molecule has 0 atom stereocenters. The monoisotopic (exact) mass is 293 g/mol. The molecule has 0 aliphatic heterocycles. The zero-order valence-corrected chi connectivity index (χ0v) is 12.5. The Morgan fingerprint density at radius 1 is 1.05 bits per heavy atom. The Hall–Kier alpha value is -2.75. The lowest BCUT2D eigenvalue weighted by Crippen LogP contribution is -1.98. The van der Waals surface area contributed by atoms with Crippen molar-refractivity contribution in [3.63, 3.8) is 0 Å². The lowest BCUT2D eigenvalue weighted by molar-refractivity contribution is 0.307. The van der Waals surface area contributed by atoms with Gasteiger partial charge in [0, 0.05) is 11.1 Å². The van der Waals surface area contributed by atoms with E-state index in [1.165, 1.54) is 0 Å². The van der Waals surface area contributed by atoms with E-state index in [0.29, 0.717) is 12.4 Å². The van der Waals surface area contributed by atoms with Crippen LogP contribution in [0.25, 0.3) is 11.3 Å². The second kappa shape index (κ2) is 6.35. The average molecular weight is 293 g/mol. The Morgan fingerprint density at radius 2 is 1.77 bits per heavy atom. The first-order valence-electron chi connectivity index (χ1n) is 7.38. The second-order valence-electron chi connectivity index (χ2n) is 5.09. The van der Waals surface area contributed by atoms with Crippen LogP contribution in [-0.2, 0) is 13.0 Å². The molecule has 0 saturated carbocycles. The van der Waals surface area contributed by atoms with E-state index in [0.717, 1.165) is 34.6 Å². The fourth-order valence-electron chi connectivity index (χ4n) is 2.49. The van der Waals surface area contributed by atoms with Crippen LogP contribution in [0.2, 0.25) is 0 Å². The molecule has 1 heterocycles. The number of aromatic nitrogens is 2. The quantitative estimate of drug-likeness (QED) is 0.752. The molecule has 4 nitrogen and oxygen atoms in total. The summed E-state index contributed by atoms with van der Waals surface area (Å²) in [7, 11) is 0. The van der Waals surface area contributed by atoms with Gasteiger partial charge in [0.25, 0.3) is 0 Å². The fraction of sp³-hybridized carbons (Fsp3) is 0.167. The van der Waals surface area contributed by atoms with Gasteiger partial charge in [0.2, 0.25) is 0 Å². The molecule has 3 rings (SSSR count). The van der Waals surface area contributed by atoms with Gasteiger partial charge < -0.3 is 10.5 Å². The Balaban J connectivity index is 1.90. The van der Waals surface area contributed by atoms with Crippen molar-refractivity contribution in [3.8, 4) is 17.0 Å². The van der Waals surface area contributed by atoms with Crippen LogP contribution in [0.1, 0.15) is 18.1 Å². The van der Waals surface area contributed by atoms with Crippen LogP contribution in [0.5, 0.6) is 5.75 Å². The number of hydrogen-bond donors (Lipinski definition) is 2. The molecule has 22 heavy (non-hydrogen) atoms. The summed E-state index contributed by atoms with van der Waals surface area (Å²) >= 11 is 0. The minimum Gasteiger partial charge on any atom is -0.488 e. The summed E-state index contributed by atoms with van der Waals surface area (Å²) in [5.74, 6) is 1.38. The van der Waals surface area contributed by atoms with Gasteiger partial charge >= 0.3 is 0 Å². The van der Waals surface area contributed by atoms with E-state index in [4.69, 9.17) is 10.5 Å². The third kappa shape index (κ3) is 2.81. The number of nitrogens with two attached hydrogens (primary N) is 1. The summed E-state index contributed by atoms with van der Waals surface area (Å²) in [5.41, 5.74) is 10.0. The number of benzene rings is 2. The van der Waals surface area contributed by atoms with Gasteiger partial charge in [0.1, 0.15) is 18.2 Å². The predicted molar refractivity (Wildman–Crippen MR) is 88.6 cm³/mol. The van der Waals surface area contributed by atoms with Crippen molar-refractivity contribution >= 4 is 5.82 Å². The lowest BCUT2D eigenvalue weighted by Gasteiger charge is -2.11. The molecule has 4 heteroatoms. The van der Waals surface area contributed by atoms with Crippen LogP contribution in [0.15, 0.2) is 54.6 Å². The minimum absolute atomic E-state index is 0.531. The zero-order valence-electron chi connectivity index (χ0n) is 12.5. The molecule has 0 aliphatic rings. The maximum atomic E-state index is 6.00. The maximum absolute atomic E-state index is 6.00. The lowest BCUT2D eigenvalue weighted by atomic mass is 10.0. The zero-order chi connectivity index (χ0) is 15.4. The number of ether oxygens (including phenoxy) is 1. The molecule has 2 aromatic carbocycles. The molecule has 1 aromatic heterocycles. The van der Waals surface area contributed by atoms with Crippen molar-refractivity contribution in [2.24, 2.45) is 0 Å². The van der Waals surface area contributed by atoms with Gasteiger partial charge in [-0.15, -0.1) is 0 Å². The van der Waals surface area contributed by atoms with E-state index in [9.17, 15) is 0 Å². The average Bonchev–Trinajstić information content (AvgIpc) is 2.94. The van der Waals surface area contributed by atoms with E-state index in [-0.39, 0.29) is 0 Å². The third-order valence-electron chi connectivity index (χ3n) is 3.65. The molecular formula is C18H19N3O. The van der Waals surface area contributed by atoms with Crippen molar-refractivity contribution < 1.29 is 4.74 Å². The van der Waals surface area contributed by atoms with E-state index >= 15 is 0 Å². The van der Waals surface area contributed by atoms with Crippen molar-refractivity contribution in [2.75, 3.05) is 5.73 Å². The molecule has 0 bridgehead atoms. The van der Waals surface area contributed by atoms with E-state index in [2.05, 4.69) is 17.1 Å². The number of aromatic amines is 1. The van der Waals surface area contributed by atoms with Gasteiger partial charge in [-0.3, -0.25) is 5.10 Å². The molecular weight excluding hydrogens is 274 g/mol. The van der Waals surface area contributed by atoms with Crippen molar-refractivity contribution in [3.05, 3.63) is 65.7 Å². The van der Waals surface area contributed by atoms with Crippen LogP contribution in [0.3, 0.4) is 0 Å². The summed E-state index contributed by atoms with van der Waals surface area (Å²) in [4.78, 5) is 0. The number of anilines is 1. The second-order valence-corrected chi connectivity index (χ2v) is 5.09. The smallest absolute Gasteiger partial charge is 0.149 e. The van der Waals surface area contributed by atoms with E-state index in [1.807, 2.05) is 54.6 Å². The topological polar surface area (TPSA) is 63.9 Å². The Morgan fingerprint density at radius 3 is 2.55 bits per heavy atom. The number of H-pyrrole nitrogens is 1. The molecule has 0 fully saturated rings. The summed E-state index contributed by atoms with van der Waals surface area (Å²) in [6.07, 6.45) is 0.824. The van der Waals surface area contributed by atoms with E-state index in [1.54, 1.807) is 0 Å². The van der Waals surface area contributed by atoms with Crippen LogP contribution in [0.4, 0.5) is 5.82 Å². The Bertz CT molecular complexity index is 750. The largest absolute Gasteiger partial charge is 0.488 e. The predicted octanol–water partition coefficient (Wildman–Crippen LogP) is 3.80. The molecule has 3 aromatic rings. The normalized spacial score (nSPS) is 10.6. The van der Waals surface area contributed by atoms with Gasteiger partial charge in [-0.05, 0) is 24.1 Å². The number of nitrogens with one attached hydrogen (secondary N) is 1. The number of para-hydroxylation sites is 1. The van der Waals surface area contributed by atoms with Crippen LogP contribution in [-0.4, -0.2) is 10.2 Å². The first kappa shape index (κ1) is 14.2. The van der Waals surface area contributed by atoms with Crippen molar-refractivity contribution in [2.45, 2.75) is 20.0 Å². The Kier molecular flexibility index (Phi) is 4.10. The number of hydrogen-bond acceptors (Lipinski definition) is 3. The fourth-order valence-corrected chi connectivity index (χ4v) is 2.49. The SMILES string of the molecule is CCc1c(N)n[nH]c1-c1ccccc1OCc1ccccc1. The number of rotatable bonds is 5. The Labute approximate surface area is 129 Å². The third-order valence-corrected chi connectivity index (χ3v) is 3.65. The molecule has 112 valence electrons. The molecule has 0 saturated heterocycles. The maximum Gasteiger partial charge on any atom is 0.149 e. The van der Waals surface area contributed by atoms with Gasteiger partial charge in [-0.25, -0.2) is 0 Å².